The van der Waals surface area contributed by atoms with Gasteiger partial charge >= 0.3 is 0 Å². The fraction of sp³-hybridized carbons (Fsp3) is 0.0976. The predicted molar refractivity (Wildman–Crippen MR) is 236 cm³/mol. The van der Waals surface area contributed by atoms with E-state index in [9.17, 15) is 0 Å². The zero-order valence-corrected chi connectivity index (χ0v) is 53.3. The van der Waals surface area contributed by atoms with Gasteiger partial charge in [0.15, 0.2) is 6.39 Å². The van der Waals surface area contributed by atoms with Crippen LogP contribution in [0.3, 0.4) is 0 Å². The molecule has 0 aliphatic heterocycles. The summed E-state index contributed by atoms with van der Waals surface area (Å²) in [7, 11) is 7.16. The van der Waals surface area contributed by atoms with Gasteiger partial charge in [0.05, 0.1) is 18.3 Å². The summed E-state index contributed by atoms with van der Waals surface area (Å²) in [5.74, 6) is 1.62. The maximum Gasteiger partial charge on any atom is 0.160 e. The topological polar surface area (TPSA) is 334 Å². The Balaban J connectivity index is 0.000000449. The molecule has 0 aliphatic carbocycles. The van der Waals surface area contributed by atoms with E-state index in [-0.39, 0.29) is 121 Å². The quantitative estimate of drug-likeness (QED) is 0.210. The summed E-state index contributed by atoms with van der Waals surface area (Å²) in [6, 6.07) is 18.9. The monoisotopic (exact) mass is 2090 g/mol. The number of nitrogens with zero attached hydrogens (tertiary/aromatic N) is 28. The van der Waals surface area contributed by atoms with Crippen LogP contribution in [0.15, 0.2) is 129 Å². The zero-order chi connectivity index (χ0) is 48.6. The van der Waals surface area contributed by atoms with Crippen molar-refractivity contribution in [3.8, 4) is 63.0 Å². The molecule has 0 saturated heterocycles. The maximum absolute atomic E-state index is 4.78. The van der Waals surface area contributed by atoms with Gasteiger partial charge in [0, 0.05) is 173 Å². The van der Waals surface area contributed by atoms with Crippen LogP contribution in [0.25, 0.3) is 63.0 Å². The molecule has 29 nitrogen and oxygen atoms in total. The second-order valence-corrected chi connectivity index (χ2v) is 12.8. The van der Waals surface area contributed by atoms with Gasteiger partial charge in [-0.15, -0.1) is 11.3 Å². The molecule has 0 unspecified atom stereocenters. The van der Waals surface area contributed by atoms with Crippen molar-refractivity contribution in [3.63, 3.8) is 0 Å². The Morgan fingerprint density at radius 3 is 1.36 bits per heavy atom. The number of tetrazole rings is 1. The first-order valence-corrected chi connectivity index (χ1v) is 19.7. The smallest absolute Gasteiger partial charge is 0.160 e. The number of rotatable bonds is 6. The fourth-order valence-electron chi connectivity index (χ4n) is 4.82. The Kier molecular flexibility index (Phi) is 32.9. The Morgan fingerprint density at radius 1 is 0.434 bits per heavy atom. The molecule has 12 rings (SSSR count). The van der Waals surface area contributed by atoms with Gasteiger partial charge in [-0.3, -0.25) is 79.0 Å². The second-order valence-electron chi connectivity index (χ2n) is 12.8. The van der Waals surface area contributed by atoms with Crippen LogP contribution in [0.4, 0.5) is 0 Å². The molecular weight excluding hydrogens is 2050 g/mol. The van der Waals surface area contributed by atoms with Crippen LogP contribution in [-0.4, -0.2) is 140 Å². The molecule has 0 amide bonds. The van der Waals surface area contributed by atoms with E-state index in [1.807, 2.05) is 19.3 Å². The van der Waals surface area contributed by atoms with Gasteiger partial charge in [-0.05, 0) is 29.1 Å². The summed E-state index contributed by atoms with van der Waals surface area (Å²) in [5, 5.41) is 34.6. The van der Waals surface area contributed by atoms with Crippen molar-refractivity contribution < 1.29 is 125 Å². The predicted octanol–water partition coefficient (Wildman–Crippen LogP) is 1.06. The van der Waals surface area contributed by atoms with Crippen molar-refractivity contribution in [1.29, 1.82) is 0 Å². The van der Waals surface area contributed by atoms with Crippen molar-refractivity contribution in [1.82, 2.24) is 140 Å². The molecule has 76 heavy (non-hydrogen) atoms. The van der Waals surface area contributed by atoms with Crippen LogP contribution >= 0.6 is 0 Å². The van der Waals surface area contributed by atoms with E-state index in [0.717, 1.165) is 11.4 Å². The summed E-state index contributed by atoms with van der Waals surface area (Å²) in [6.07, 6.45) is 29.3. The minimum absolute atomic E-state index is 0. The minimum atomic E-state index is 0. The van der Waals surface area contributed by atoms with Gasteiger partial charge in [-0.1, -0.05) is 81.2 Å². The van der Waals surface area contributed by atoms with E-state index in [2.05, 4.69) is 152 Å². The zero-order valence-electron chi connectivity index (χ0n) is 39.0. The Hall–Kier alpha value is -6.71. The Bertz CT molecular complexity index is 2900. The van der Waals surface area contributed by atoms with Crippen LogP contribution in [-0.2, 0) is 149 Å². The van der Waals surface area contributed by atoms with Crippen molar-refractivity contribution in [3.05, 3.63) is 161 Å². The summed E-state index contributed by atoms with van der Waals surface area (Å²) in [4.78, 5) is 55.5. The third kappa shape index (κ3) is 22.2. The number of aromatic nitrogens is 28. The van der Waals surface area contributed by atoms with Crippen molar-refractivity contribution in [2.45, 2.75) is 0 Å². The molecule has 0 saturated carbocycles. The van der Waals surface area contributed by atoms with Gasteiger partial charge < -0.3 is 20.5 Å². The van der Waals surface area contributed by atoms with E-state index in [1.165, 1.54) is 78.7 Å². The third-order valence-corrected chi connectivity index (χ3v) is 7.81. The molecule has 6 radical (unpaired) electrons. The SMILES string of the molecule is Cn1cc(-c2[c-]cncn2)nn1.Cn1ccc(-c2[c-]cncn2)n1.Cn1cnc(-c2[c-]cncn2)n1.Cn1nnc(-c2[c-]cncn2)n1.[Ir].[Ir].[Ir].[Ir].[Ir].[Ir].[c-]1cncnc1-c1cocn1.[c-]1cncnc1-n1ccnn1. The molecule has 0 N–H and O–H groups in total. The summed E-state index contributed by atoms with van der Waals surface area (Å²) in [5.41, 5.74) is 5.41. The first-order valence-electron chi connectivity index (χ1n) is 19.7. The van der Waals surface area contributed by atoms with E-state index >= 15 is 0 Å². The summed E-state index contributed by atoms with van der Waals surface area (Å²) in [6.45, 7) is 0. The molecule has 35 heteroatoms. The number of oxazole rings is 1. The van der Waals surface area contributed by atoms with Crippen LogP contribution < -0.4 is 0 Å². The van der Waals surface area contributed by atoms with Gasteiger partial charge in [-0.2, -0.15) is 4.80 Å². The molecule has 0 spiro atoms. The number of hydrogen-bond acceptors (Lipinski definition) is 24. The number of hydrogen-bond donors (Lipinski definition) is 0. The van der Waals surface area contributed by atoms with Crippen LogP contribution in [0.2, 0.25) is 0 Å². The minimum Gasteiger partial charge on any atom is -0.472 e. The van der Waals surface area contributed by atoms with E-state index in [4.69, 9.17) is 4.42 Å². The second kappa shape index (κ2) is 37.1. The average molecular weight is 2090 g/mol. The van der Waals surface area contributed by atoms with Crippen LogP contribution in [0, 0.1) is 36.4 Å². The largest absolute Gasteiger partial charge is 0.472 e. The third-order valence-electron chi connectivity index (χ3n) is 7.81. The molecule has 402 valence electrons. The van der Waals surface area contributed by atoms with Crippen molar-refractivity contribution >= 4 is 0 Å². The van der Waals surface area contributed by atoms with Gasteiger partial charge in [0.1, 0.15) is 38.0 Å². The Labute approximate surface area is 512 Å². The van der Waals surface area contributed by atoms with Crippen LogP contribution in [0.5, 0.6) is 0 Å². The standard InChI is InChI=1S/C8H7N4.2C7H6N5.C7H4N3O.C6H5N6.C6H4N5.6Ir/c1-12-5-3-8(11-12)7-2-4-9-6-10-7;1-12-5-10-7(11-12)6-2-3-8-4-9-6;1-12-4-7(10-11-12)6-2-3-8-5-9-6;1-2-8-4-9-6(1)7-3-11-5-10-7;1-12-10-6(9-11-12)5-2-3-7-4-8-5;1-2-7-5-8-6(1)11-4-3-9-10-11;;;;;;/h3-6H,1H3;2*3-5H,1H3;2-5H;3-4H,1H3;2-5H;;;;;;/q6*-1;;;;;;. The van der Waals surface area contributed by atoms with E-state index < -0.39 is 0 Å². The molecule has 0 aromatic carbocycles. The normalized spacial score (nSPS) is 9.21. The fourth-order valence-corrected chi connectivity index (χ4v) is 4.82. The molecular formula is C41H32Ir6N28O-6. The van der Waals surface area contributed by atoms with E-state index in [1.54, 1.807) is 78.7 Å². The Morgan fingerprint density at radius 2 is 0.961 bits per heavy atom. The van der Waals surface area contributed by atoms with Crippen LogP contribution in [0.1, 0.15) is 0 Å². The first kappa shape index (κ1) is 67.3. The van der Waals surface area contributed by atoms with E-state index in [0.29, 0.717) is 51.6 Å². The molecule has 0 fully saturated rings. The first-order chi connectivity index (χ1) is 34.4. The average Bonchev–Trinajstić information content (AvgIpc) is 4.30. The van der Waals surface area contributed by atoms with Gasteiger partial charge in [0.2, 0.25) is 0 Å². The maximum atomic E-state index is 4.78. The van der Waals surface area contributed by atoms with Gasteiger partial charge in [-0.25, -0.2) is 55.4 Å². The summed E-state index contributed by atoms with van der Waals surface area (Å²) < 4.78 is 11.3. The molecule has 12 aromatic rings. The molecule has 0 bridgehead atoms. The van der Waals surface area contributed by atoms with Gasteiger partial charge in [0.25, 0.3) is 0 Å². The number of aryl methyl sites for hydroxylation is 4. The molecule has 12 aromatic heterocycles. The van der Waals surface area contributed by atoms with Crippen molar-refractivity contribution in [2.75, 3.05) is 0 Å². The molecule has 0 aliphatic rings. The summed E-state index contributed by atoms with van der Waals surface area (Å²) >= 11 is 0. The molecule has 0 atom stereocenters. The molecule has 12 heterocycles. The van der Waals surface area contributed by atoms with Crippen molar-refractivity contribution in [2.24, 2.45) is 28.2 Å².